The van der Waals surface area contributed by atoms with Crippen LogP contribution in [-0.2, 0) is 0 Å². The Bertz CT molecular complexity index is 613. The fourth-order valence-electron chi connectivity index (χ4n) is 1.91. The summed E-state index contributed by atoms with van der Waals surface area (Å²) in [5.41, 5.74) is 0.941. The summed E-state index contributed by atoms with van der Waals surface area (Å²) in [4.78, 5) is 12.0. The van der Waals surface area contributed by atoms with Gasteiger partial charge in [-0.3, -0.25) is 4.79 Å². The minimum Gasteiger partial charge on any atom is -0.497 e. The van der Waals surface area contributed by atoms with E-state index in [1.165, 1.54) is 12.1 Å². The minimum absolute atomic E-state index is 0.0437. The van der Waals surface area contributed by atoms with Crippen LogP contribution in [0.5, 0.6) is 5.75 Å². The zero-order valence-electron chi connectivity index (χ0n) is 11.4. The fraction of sp³-hybridized carbons (Fsp3) is 0.188. The molecular formula is C16H16FNO2. The minimum atomic E-state index is -0.525. The summed E-state index contributed by atoms with van der Waals surface area (Å²) in [5.74, 6) is -0.240. The summed E-state index contributed by atoms with van der Waals surface area (Å²) >= 11 is 0. The van der Waals surface area contributed by atoms with Crippen molar-refractivity contribution >= 4 is 5.91 Å². The number of benzene rings is 2. The largest absolute Gasteiger partial charge is 0.497 e. The van der Waals surface area contributed by atoms with Gasteiger partial charge in [-0.1, -0.05) is 24.3 Å². The molecule has 3 nitrogen and oxygen atoms in total. The quantitative estimate of drug-likeness (QED) is 0.928. The molecule has 0 saturated heterocycles. The van der Waals surface area contributed by atoms with Crippen LogP contribution in [0.25, 0.3) is 0 Å². The highest BCUT2D eigenvalue weighted by molar-refractivity contribution is 5.94. The maximum Gasteiger partial charge on any atom is 0.254 e. The molecule has 0 heterocycles. The van der Waals surface area contributed by atoms with E-state index in [2.05, 4.69) is 5.32 Å². The van der Waals surface area contributed by atoms with Gasteiger partial charge in [-0.05, 0) is 36.8 Å². The standard InChI is InChI=1S/C16H16FNO2/c1-11(12-6-5-7-13(10-12)20-2)18-16(19)14-8-3-4-9-15(14)17/h3-11H,1-2H3,(H,18,19). The number of nitrogens with one attached hydrogen (secondary N) is 1. The maximum atomic E-state index is 13.5. The average Bonchev–Trinajstić information content (AvgIpc) is 2.47. The molecule has 20 heavy (non-hydrogen) atoms. The number of amides is 1. The van der Waals surface area contributed by atoms with E-state index in [1.807, 2.05) is 31.2 Å². The van der Waals surface area contributed by atoms with E-state index in [-0.39, 0.29) is 11.6 Å². The maximum absolute atomic E-state index is 13.5. The molecule has 1 unspecified atom stereocenters. The number of methoxy groups -OCH3 is 1. The third-order valence-electron chi connectivity index (χ3n) is 3.06. The lowest BCUT2D eigenvalue weighted by Gasteiger charge is -2.15. The Hall–Kier alpha value is -2.36. The van der Waals surface area contributed by atoms with Crippen LogP contribution < -0.4 is 10.1 Å². The van der Waals surface area contributed by atoms with Gasteiger partial charge >= 0.3 is 0 Å². The molecule has 0 bridgehead atoms. The number of carbonyl (C=O) groups excluding carboxylic acids is 1. The van der Waals surface area contributed by atoms with Gasteiger partial charge in [0.2, 0.25) is 0 Å². The van der Waals surface area contributed by atoms with Gasteiger partial charge < -0.3 is 10.1 Å². The Labute approximate surface area is 117 Å². The lowest BCUT2D eigenvalue weighted by Crippen LogP contribution is -2.27. The molecule has 1 atom stereocenters. The van der Waals surface area contributed by atoms with Gasteiger partial charge in [0.05, 0.1) is 18.7 Å². The smallest absolute Gasteiger partial charge is 0.254 e. The molecule has 1 amide bonds. The number of rotatable bonds is 4. The molecule has 2 rings (SSSR count). The topological polar surface area (TPSA) is 38.3 Å². The highest BCUT2D eigenvalue weighted by Gasteiger charge is 2.14. The van der Waals surface area contributed by atoms with Gasteiger partial charge in [0.25, 0.3) is 5.91 Å². The highest BCUT2D eigenvalue weighted by atomic mass is 19.1. The van der Waals surface area contributed by atoms with Crippen LogP contribution in [0.2, 0.25) is 0 Å². The van der Waals surface area contributed by atoms with E-state index < -0.39 is 11.7 Å². The monoisotopic (exact) mass is 273 g/mol. The van der Waals surface area contributed by atoms with E-state index in [9.17, 15) is 9.18 Å². The Morgan fingerprint density at radius 3 is 2.65 bits per heavy atom. The van der Waals surface area contributed by atoms with Gasteiger partial charge in [-0.25, -0.2) is 4.39 Å². The molecule has 0 radical (unpaired) electrons. The molecule has 1 N–H and O–H groups in total. The van der Waals surface area contributed by atoms with Crippen molar-refractivity contribution in [3.05, 3.63) is 65.5 Å². The van der Waals surface area contributed by atoms with Crippen LogP contribution in [0.1, 0.15) is 28.9 Å². The second-order valence-corrected chi connectivity index (χ2v) is 4.45. The van der Waals surface area contributed by atoms with Crippen LogP contribution in [0, 0.1) is 5.82 Å². The summed E-state index contributed by atoms with van der Waals surface area (Å²) in [7, 11) is 1.59. The SMILES string of the molecule is COc1cccc(C(C)NC(=O)c2ccccc2F)c1. The van der Waals surface area contributed by atoms with E-state index in [0.717, 1.165) is 11.3 Å². The summed E-state index contributed by atoms with van der Waals surface area (Å²) in [6.45, 7) is 1.84. The summed E-state index contributed by atoms with van der Waals surface area (Å²) in [6, 6.07) is 13.1. The molecule has 2 aromatic rings. The van der Waals surface area contributed by atoms with Gasteiger partial charge in [0.1, 0.15) is 11.6 Å². The summed E-state index contributed by atoms with van der Waals surface area (Å²) in [5, 5.41) is 2.77. The van der Waals surface area contributed by atoms with Crippen LogP contribution >= 0.6 is 0 Å². The van der Waals surface area contributed by atoms with Crippen LogP contribution in [0.15, 0.2) is 48.5 Å². The molecule has 0 aliphatic heterocycles. The normalized spacial score (nSPS) is 11.8. The van der Waals surface area contributed by atoms with Crippen molar-refractivity contribution in [3.8, 4) is 5.75 Å². The van der Waals surface area contributed by atoms with Crippen molar-refractivity contribution in [1.29, 1.82) is 0 Å². The zero-order valence-corrected chi connectivity index (χ0v) is 11.4. The summed E-state index contributed by atoms with van der Waals surface area (Å²) < 4.78 is 18.7. The summed E-state index contributed by atoms with van der Waals surface area (Å²) in [6.07, 6.45) is 0. The Morgan fingerprint density at radius 2 is 1.95 bits per heavy atom. The predicted molar refractivity (Wildman–Crippen MR) is 75.3 cm³/mol. The second kappa shape index (κ2) is 6.19. The van der Waals surface area contributed by atoms with Crippen molar-refractivity contribution in [2.24, 2.45) is 0 Å². The van der Waals surface area contributed by atoms with Crippen LogP contribution in [0.4, 0.5) is 4.39 Å². The van der Waals surface area contributed by atoms with E-state index in [0.29, 0.717) is 0 Å². The number of ether oxygens (including phenoxy) is 1. The van der Waals surface area contributed by atoms with Gasteiger partial charge in [0, 0.05) is 0 Å². The van der Waals surface area contributed by atoms with E-state index in [4.69, 9.17) is 4.74 Å². The van der Waals surface area contributed by atoms with Crippen LogP contribution in [0.3, 0.4) is 0 Å². The average molecular weight is 273 g/mol. The lowest BCUT2D eigenvalue weighted by molar-refractivity contribution is 0.0935. The molecular weight excluding hydrogens is 257 g/mol. The molecule has 0 fully saturated rings. The Kier molecular flexibility index (Phi) is 4.35. The van der Waals surface area contributed by atoms with E-state index >= 15 is 0 Å². The molecule has 0 spiro atoms. The third-order valence-corrected chi connectivity index (χ3v) is 3.06. The molecule has 2 aromatic carbocycles. The number of hydrogen-bond donors (Lipinski definition) is 1. The molecule has 0 aliphatic rings. The van der Waals surface area contributed by atoms with Crippen molar-refractivity contribution in [3.63, 3.8) is 0 Å². The second-order valence-electron chi connectivity index (χ2n) is 4.45. The fourth-order valence-corrected chi connectivity index (χ4v) is 1.91. The Balaban J connectivity index is 2.13. The Morgan fingerprint density at radius 1 is 1.20 bits per heavy atom. The van der Waals surface area contributed by atoms with Crippen molar-refractivity contribution < 1.29 is 13.9 Å². The first kappa shape index (κ1) is 14.1. The lowest BCUT2D eigenvalue weighted by atomic mass is 10.1. The van der Waals surface area contributed by atoms with Gasteiger partial charge in [-0.2, -0.15) is 0 Å². The molecule has 4 heteroatoms. The van der Waals surface area contributed by atoms with Crippen molar-refractivity contribution in [1.82, 2.24) is 5.32 Å². The zero-order chi connectivity index (χ0) is 14.5. The highest BCUT2D eigenvalue weighted by Crippen LogP contribution is 2.19. The van der Waals surface area contributed by atoms with Gasteiger partial charge in [0.15, 0.2) is 0 Å². The van der Waals surface area contributed by atoms with Crippen LogP contribution in [-0.4, -0.2) is 13.0 Å². The number of halogens is 1. The molecule has 0 aliphatic carbocycles. The molecule has 104 valence electrons. The predicted octanol–water partition coefficient (Wildman–Crippen LogP) is 3.33. The van der Waals surface area contributed by atoms with E-state index in [1.54, 1.807) is 19.2 Å². The molecule has 0 saturated carbocycles. The number of hydrogen-bond acceptors (Lipinski definition) is 2. The first-order valence-electron chi connectivity index (χ1n) is 6.31. The first-order chi connectivity index (χ1) is 9.61. The van der Waals surface area contributed by atoms with Crippen molar-refractivity contribution in [2.75, 3.05) is 7.11 Å². The molecule has 0 aromatic heterocycles. The first-order valence-corrected chi connectivity index (χ1v) is 6.31. The number of carbonyl (C=O) groups is 1. The third kappa shape index (κ3) is 3.15. The van der Waals surface area contributed by atoms with Gasteiger partial charge in [-0.15, -0.1) is 0 Å². The van der Waals surface area contributed by atoms with Crippen molar-refractivity contribution in [2.45, 2.75) is 13.0 Å².